The van der Waals surface area contributed by atoms with Crippen LogP contribution in [0.4, 0.5) is 21.6 Å². The molecule has 1 saturated carbocycles. The normalized spacial score (nSPS) is 25.4. The lowest BCUT2D eigenvalue weighted by Gasteiger charge is -2.22. The van der Waals surface area contributed by atoms with E-state index >= 15 is 0 Å². The van der Waals surface area contributed by atoms with Crippen LogP contribution in [0.2, 0.25) is 0 Å². The average Bonchev–Trinajstić information content (AvgIpc) is 3.20. The first kappa shape index (κ1) is 15.8. The summed E-state index contributed by atoms with van der Waals surface area (Å²) in [6, 6.07) is 5.48. The summed E-state index contributed by atoms with van der Waals surface area (Å²) in [6.07, 6.45) is 2.15. The van der Waals surface area contributed by atoms with Gasteiger partial charge in [-0.25, -0.2) is 9.37 Å². The van der Waals surface area contributed by atoms with Crippen molar-refractivity contribution in [1.82, 2.24) is 4.98 Å². The molecule has 1 saturated heterocycles. The average molecular weight is 342 g/mol. The molecular weight excluding hydrogens is 323 g/mol. The van der Waals surface area contributed by atoms with Crippen molar-refractivity contribution < 1.29 is 14.0 Å². The second-order valence-electron chi connectivity index (χ2n) is 6.82. The Morgan fingerprint density at radius 2 is 2.16 bits per heavy atom. The van der Waals surface area contributed by atoms with E-state index in [2.05, 4.69) is 10.3 Å². The second-order valence-corrected chi connectivity index (χ2v) is 6.82. The van der Waals surface area contributed by atoms with Crippen molar-refractivity contribution >= 4 is 39.8 Å². The molecule has 1 aliphatic heterocycles. The third-order valence-corrected chi connectivity index (χ3v) is 4.92. The Balaban J connectivity index is 1.68. The van der Waals surface area contributed by atoms with Crippen LogP contribution in [0.15, 0.2) is 24.4 Å². The number of nitrogens with zero attached hydrogens (tertiary/aromatic N) is 2. The maximum Gasteiger partial charge on any atom is 0.231 e. The van der Waals surface area contributed by atoms with Crippen molar-refractivity contribution in [1.29, 1.82) is 0 Å². The van der Waals surface area contributed by atoms with Gasteiger partial charge in [0.05, 0.1) is 5.92 Å². The number of anilines is 3. The lowest BCUT2D eigenvalue weighted by molar-refractivity contribution is -0.118. The SMILES string of the molecule is C[C@H]1CCC(=O)N1c1cc(N)c2cnc(NC(=O)[C@@H]3C[C@@H]3F)cc2c1. The van der Waals surface area contributed by atoms with Gasteiger partial charge in [0.15, 0.2) is 0 Å². The molecule has 0 radical (unpaired) electrons. The molecule has 4 rings (SSSR count). The molecule has 25 heavy (non-hydrogen) atoms. The van der Waals surface area contributed by atoms with E-state index in [1.165, 1.54) is 0 Å². The number of benzene rings is 1. The Bertz CT molecular complexity index is 885. The molecule has 7 heteroatoms. The summed E-state index contributed by atoms with van der Waals surface area (Å²) in [5.41, 5.74) is 7.40. The molecule has 3 N–H and O–H groups in total. The number of amides is 2. The Kier molecular flexibility index (Phi) is 3.59. The maximum atomic E-state index is 13.0. The molecule has 1 aliphatic carbocycles. The smallest absolute Gasteiger partial charge is 0.231 e. The number of pyridine rings is 1. The van der Waals surface area contributed by atoms with E-state index in [1.54, 1.807) is 23.2 Å². The minimum Gasteiger partial charge on any atom is -0.398 e. The predicted octanol–water partition coefficient (Wildman–Crippen LogP) is 2.63. The summed E-state index contributed by atoms with van der Waals surface area (Å²) < 4.78 is 13.0. The number of nitrogens with one attached hydrogen (secondary N) is 1. The molecule has 2 amide bonds. The van der Waals surface area contributed by atoms with Gasteiger partial charge in [-0.15, -0.1) is 0 Å². The zero-order valence-electron chi connectivity index (χ0n) is 13.8. The van der Waals surface area contributed by atoms with Gasteiger partial charge in [-0.2, -0.15) is 0 Å². The number of fused-ring (bicyclic) bond motifs is 1. The van der Waals surface area contributed by atoms with Gasteiger partial charge in [0.25, 0.3) is 0 Å². The molecule has 2 aromatic rings. The highest BCUT2D eigenvalue weighted by Crippen LogP contribution is 2.36. The largest absolute Gasteiger partial charge is 0.398 e. The number of aromatic nitrogens is 1. The number of rotatable bonds is 3. The van der Waals surface area contributed by atoms with Gasteiger partial charge >= 0.3 is 0 Å². The van der Waals surface area contributed by atoms with E-state index in [-0.39, 0.29) is 24.3 Å². The van der Waals surface area contributed by atoms with Gasteiger partial charge in [0, 0.05) is 35.4 Å². The lowest BCUT2D eigenvalue weighted by atomic mass is 10.1. The fourth-order valence-corrected chi connectivity index (χ4v) is 3.36. The molecule has 3 atom stereocenters. The summed E-state index contributed by atoms with van der Waals surface area (Å²) in [5, 5.41) is 4.16. The summed E-state index contributed by atoms with van der Waals surface area (Å²) >= 11 is 0. The van der Waals surface area contributed by atoms with Gasteiger partial charge in [-0.05, 0) is 43.4 Å². The van der Waals surface area contributed by atoms with Crippen LogP contribution in [0.25, 0.3) is 10.8 Å². The molecule has 1 aromatic heterocycles. The zero-order valence-corrected chi connectivity index (χ0v) is 13.8. The number of nitrogens with two attached hydrogens (primary N) is 1. The van der Waals surface area contributed by atoms with Gasteiger partial charge < -0.3 is 16.0 Å². The van der Waals surface area contributed by atoms with Crippen molar-refractivity contribution in [2.75, 3.05) is 16.0 Å². The van der Waals surface area contributed by atoms with Crippen LogP contribution in [0.1, 0.15) is 26.2 Å². The fourth-order valence-electron chi connectivity index (χ4n) is 3.36. The summed E-state index contributed by atoms with van der Waals surface area (Å²) in [7, 11) is 0. The van der Waals surface area contributed by atoms with Crippen molar-refractivity contribution in [3.05, 3.63) is 24.4 Å². The van der Waals surface area contributed by atoms with Crippen LogP contribution in [-0.4, -0.2) is 29.0 Å². The van der Waals surface area contributed by atoms with E-state index in [4.69, 9.17) is 5.73 Å². The Morgan fingerprint density at radius 1 is 1.40 bits per heavy atom. The summed E-state index contributed by atoms with van der Waals surface area (Å²) in [4.78, 5) is 30.0. The molecular formula is C18H19FN4O2. The van der Waals surface area contributed by atoms with Crippen LogP contribution in [-0.2, 0) is 9.59 Å². The quantitative estimate of drug-likeness (QED) is 0.839. The molecule has 0 unspecified atom stereocenters. The van der Waals surface area contributed by atoms with E-state index in [1.807, 2.05) is 13.0 Å². The number of alkyl halides is 1. The first-order valence-corrected chi connectivity index (χ1v) is 8.40. The van der Waals surface area contributed by atoms with Crippen molar-refractivity contribution in [3.63, 3.8) is 0 Å². The number of halogens is 1. The van der Waals surface area contributed by atoms with E-state index in [0.29, 0.717) is 17.9 Å². The van der Waals surface area contributed by atoms with Gasteiger partial charge in [0.1, 0.15) is 12.0 Å². The standard InChI is InChI=1S/C18H19FN4O2/c1-9-2-3-17(24)23(9)11-4-10-5-16(21-8-13(10)15(20)6-11)22-18(25)12-7-14(12)19/h4-6,8-9,12,14H,2-3,7,20H2,1H3,(H,21,22,25)/t9-,12+,14-/m0/s1. The second kappa shape index (κ2) is 5.68. The third kappa shape index (κ3) is 2.79. The number of carbonyl (C=O) groups is 2. The highest BCUT2D eigenvalue weighted by atomic mass is 19.1. The Labute approximate surface area is 144 Å². The maximum absolute atomic E-state index is 13.0. The molecule has 2 heterocycles. The molecule has 130 valence electrons. The van der Waals surface area contributed by atoms with Crippen LogP contribution in [0, 0.1) is 5.92 Å². The highest BCUT2D eigenvalue weighted by Gasteiger charge is 2.43. The van der Waals surface area contributed by atoms with Gasteiger partial charge in [-0.1, -0.05) is 0 Å². The van der Waals surface area contributed by atoms with Crippen LogP contribution >= 0.6 is 0 Å². The third-order valence-electron chi connectivity index (χ3n) is 4.92. The lowest BCUT2D eigenvalue weighted by Crippen LogP contribution is -2.30. The van der Waals surface area contributed by atoms with Crippen LogP contribution < -0.4 is 16.0 Å². The topological polar surface area (TPSA) is 88.3 Å². The molecule has 0 spiro atoms. The Morgan fingerprint density at radius 3 is 2.80 bits per heavy atom. The number of hydrogen-bond donors (Lipinski definition) is 2. The minimum absolute atomic E-state index is 0.0801. The molecule has 1 aromatic carbocycles. The van der Waals surface area contributed by atoms with Gasteiger partial charge in [-0.3, -0.25) is 9.59 Å². The first-order chi connectivity index (χ1) is 11.9. The van der Waals surface area contributed by atoms with Crippen LogP contribution in [0.3, 0.4) is 0 Å². The van der Waals surface area contributed by atoms with E-state index in [0.717, 1.165) is 22.9 Å². The minimum atomic E-state index is -1.05. The van der Waals surface area contributed by atoms with E-state index < -0.39 is 12.1 Å². The molecule has 6 nitrogen and oxygen atoms in total. The fraction of sp³-hybridized carbons (Fsp3) is 0.389. The predicted molar refractivity (Wildman–Crippen MR) is 94.0 cm³/mol. The summed E-state index contributed by atoms with van der Waals surface area (Å²) in [6.45, 7) is 2.01. The van der Waals surface area contributed by atoms with Crippen molar-refractivity contribution in [2.24, 2.45) is 5.92 Å². The van der Waals surface area contributed by atoms with Crippen molar-refractivity contribution in [2.45, 2.75) is 38.4 Å². The number of carbonyl (C=O) groups excluding carboxylic acids is 2. The highest BCUT2D eigenvalue weighted by molar-refractivity contribution is 6.03. The zero-order chi connectivity index (χ0) is 17.7. The molecule has 2 fully saturated rings. The Hall–Kier alpha value is -2.70. The van der Waals surface area contributed by atoms with Crippen LogP contribution in [0.5, 0.6) is 0 Å². The molecule has 2 aliphatic rings. The summed E-state index contributed by atoms with van der Waals surface area (Å²) in [5.74, 6) is -0.491. The van der Waals surface area contributed by atoms with Gasteiger partial charge in [0.2, 0.25) is 11.8 Å². The monoisotopic (exact) mass is 342 g/mol. The number of nitrogen functional groups attached to an aromatic ring is 1. The van der Waals surface area contributed by atoms with E-state index in [9.17, 15) is 14.0 Å². The molecule has 0 bridgehead atoms. The number of hydrogen-bond acceptors (Lipinski definition) is 4. The first-order valence-electron chi connectivity index (χ1n) is 8.40. The van der Waals surface area contributed by atoms with Crippen molar-refractivity contribution in [3.8, 4) is 0 Å².